The average molecular weight is 491 g/mol. The normalized spacial score (nSPS) is 24.9. The number of non-ortho nitro benzene ring substituents is 1. The van der Waals surface area contributed by atoms with Gasteiger partial charge in [0.2, 0.25) is 11.8 Å². The highest BCUT2D eigenvalue weighted by molar-refractivity contribution is 6.06. The minimum Gasteiger partial charge on any atom is -0.495 e. The van der Waals surface area contributed by atoms with Crippen LogP contribution in [0.25, 0.3) is 0 Å². The van der Waals surface area contributed by atoms with Crippen molar-refractivity contribution in [3.05, 3.63) is 76.4 Å². The summed E-state index contributed by atoms with van der Waals surface area (Å²) < 4.78 is 5.22. The Hall–Kier alpha value is -4.21. The molecule has 1 saturated heterocycles. The Morgan fingerprint density at radius 3 is 2.28 bits per heavy atom. The maximum Gasteiger partial charge on any atom is 0.320 e. The van der Waals surface area contributed by atoms with Gasteiger partial charge in [-0.1, -0.05) is 42.5 Å². The van der Waals surface area contributed by atoms with Gasteiger partial charge in [0.15, 0.2) is 0 Å². The van der Waals surface area contributed by atoms with Gasteiger partial charge in [-0.25, -0.2) is 4.79 Å². The molecule has 1 saturated carbocycles. The highest BCUT2D eigenvalue weighted by atomic mass is 16.6. The van der Waals surface area contributed by atoms with Crippen LogP contribution in [-0.4, -0.2) is 40.9 Å². The third-order valence-corrected chi connectivity index (χ3v) is 7.32. The van der Waals surface area contributed by atoms with Crippen molar-refractivity contribution in [3.8, 4) is 5.75 Å². The molecule has 10 nitrogen and oxygen atoms in total. The van der Waals surface area contributed by atoms with Gasteiger partial charge in [0.05, 0.1) is 29.6 Å². The molecular weight excluding hydrogens is 464 g/mol. The molecule has 4 amide bonds. The monoisotopic (exact) mass is 490 g/mol. The number of hydrogen-bond acceptors (Lipinski definition) is 6. The maximum atomic E-state index is 13.5. The van der Waals surface area contributed by atoms with Gasteiger partial charge in [-0.3, -0.25) is 24.6 Å². The molecule has 2 fully saturated rings. The van der Waals surface area contributed by atoms with Crippen molar-refractivity contribution in [1.29, 1.82) is 0 Å². The largest absolute Gasteiger partial charge is 0.495 e. The fraction of sp³-hybridized carbons (Fsp3) is 0.346. The molecule has 0 spiro atoms. The van der Waals surface area contributed by atoms with E-state index in [4.69, 9.17) is 4.74 Å². The standard InChI is InChI=1S/C26H26N4O6/c1-36-20-12-11-18(30(34)35)14-19(20)27-26(33)28-21(13-15-5-3-2-4-6-15)29-24(31)22-16-7-8-17(10-9-16)23(22)25(29)32/h2-8,11-12,14,16-17,21-23H,9-10,13H2,1H3,(H2,27,28,33)/t16-,17-,21-,22-,23+/m0/s1. The van der Waals surface area contributed by atoms with E-state index in [9.17, 15) is 24.5 Å². The number of amides is 4. The first-order valence-corrected chi connectivity index (χ1v) is 11.9. The van der Waals surface area contributed by atoms with Crippen molar-refractivity contribution < 1.29 is 24.0 Å². The zero-order valence-corrected chi connectivity index (χ0v) is 19.6. The van der Waals surface area contributed by atoms with Crippen molar-refractivity contribution in [1.82, 2.24) is 10.2 Å². The number of carbonyl (C=O) groups excluding carboxylic acids is 3. The first kappa shape index (κ1) is 23.5. The number of methoxy groups -OCH3 is 1. The molecule has 0 aromatic heterocycles. The molecule has 2 bridgehead atoms. The Morgan fingerprint density at radius 1 is 1.08 bits per heavy atom. The predicted octanol–water partition coefficient (Wildman–Crippen LogP) is 3.49. The molecule has 2 aromatic carbocycles. The Balaban J connectivity index is 1.41. The number of nitrogens with one attached hydrogen (secondary N) is 2. The predicted molar refractivity (Wildman–Crippen MR) is 130 cm³/mol. The van der Waals surface area contributed by atoms with Crippen LogP contribution < -0.4 is 15.4 Å². The summed E-state index contributed by atoms with van der Waals surface area (Å²) in [6, 6.07) is 12.4. The Labute approximate surface area is 207 Å². The molecular formula is C26H26N4O6. The number of anilines is 1. The fourth-order valence-electron chi connectivity index (χ4n) is 5.67. The Kier molecular flexibility index (Phi) is 6.17. The zero-order valence-electron chi connectivity index (χ0n) is 19.6. The second-order valence-electron chi connectivity index (χ2n) is 9.33. The minimum atomic E-state index is -0.929. The smallest absolute Gasteiger partial charge is 0.320 e. The first-order chi connectivity index (χ1) is 17.4. The van der Waals surface area contributed by atoms with E-state index in [0.29, 0.717) is 0 Å². The van der Waals surface area contributed by atoms with E-state index in [-0.39, 0.29) is 47.2 Å². The van der Waals surface area contributed by atoms with Crippen LogP contribution in [0.1, 0.15) is 18.4 Å². The topological polar surface area (TPSA) is 131 Å². The summed E-state index contributed by atoms with van der Waals surface area (Å²) in [4.78, 5) is 52.0. The summed E-state index contributed by atoms with van der Waals surface area (Å²) in [5.41, 5.74) is 0.717. The van der Waals surface area contributed by atoms with Gasteiger partial charge in [-0.15, -0.1) is 0 Å². The van der Waals surface area contributed by atoms with E-state index in [0.717, 1.165) is 18.4 Å². The molecule has 1 aliphatic heterocycles. The quantitative estimate of drug-likeness (QED) is 0.264. The lowest BCUT2D eigenvalue weighted by atomic mass is 9.63. The number of imide groups is 1. The SMILES string of the molecule is COc1ccc([N+](=O)[O-])cc1NC(=O)N[C@H](Cc1ccccc1)N1C(=O)[C@@H]2[C@H](C1=O)[C@H]1C=C[C@H]2CC1. The van der Waals surface area contributed by atoms with Gasteiger partial charge in [-0.05, 0) is 36.3 Å². The lowest BCUT2D eigenvalue weighted by Gasteiger charge is -2.38. The molecule has 2 aromatic rings. The number of nitrogens with zero attached hydrogens (tertiary/aromatic N) is 2. The number of nitro groups is 1. The average Bonchev–Trinajstić information content (AvgIpc) is 3.17. The summed E-state index contributed by atoms with van der Waals surface area (Å²) in [6.07, 6.45) is 5.13. The number of fused-ring (bicyclic) bond motifs is 1. The molecule has 3 aliphatic carbocycles. The van der Waals surface area contributed by atoms with Gasteiger partial charge in [0.25, 0.3) is 5.69 Å². The molecule has 0 unspecified atom stereocenters. The van der Waals surface area contributed by atoms with Gasteiger partial charge in [0, 0.05) is 18.6 Å². The number of urea groups is 1. The highest BCUT2D eigenvalue weighted by Gasteiger charge is 2.58. The molecule has 1 heterocycles. The zero-order chi connectivity index (χ0) is 25.4. The van der Waals surface area contributed by atoms with E-state index < -0.39 is 29.0 Å². The number of allylic oxidation sites excluding steroid dienone is 2. The van der Waals surface area contributed by atoms with Crippen molar-refractivity contribution in [2.75, 3.05) is 12.4 Å². The van der Waals surface area contributed by atoms with E-state index in [2.05, 4.69) is 10.6 Å². The van der Waals surface area contributed by atoms with Crippen molar-refractivity contribution >= 4 is 29.2 Å². The molecule has 36 heavy (non-hydrogen) atoms. The summed E-state index contributed by atoms with van der Waals surface area (Å²) in [6.45, 7) is 0. The fourth-order valence-corrected chi connectivity index (χ4v) is 5.67. The molecule has 5 atom stereocenters. The van der Waals surface area contributed by atoms with Crippen LogP contribution in [-0.2, 0) is 16.0 Å². The lowest BCUT2D eigenvalue weighted by Crippen LogP contribution is -2.53. The molecule has 2 N–H and O–H groups in total. The Morgan fingerprint density at radius 2 is 1.72 bits per heavy atom. The maximum absolute atomic E-state index is 13.5. The van der Waals surface area contributed by atoms with Gasteiger partial charge in [-0.2, -0.15) is 0 Å². The van der Waals surface area contributed by atoms with Crippen LogP contribution in [0, 0.1) is 33.8 Å². The summed E-state index contributed by atoms with van der Waals surface area (Å²) >= 11 is 0. The summed E-state index contributed by atoms with van der Waals surface area (Å²) in [5, 5.41) is 16.5. The molecule has 186 valence electrons. The number of carbonyl (C=O) groups is 3. The second-order valence-corrected chi connectivity index (χ2v) is 9.33. The van der Waals surface area contributed by atoms with Crippen molar-refractivity contribution in [2.45, 2.75) is 25.4 Å². The summed E-state index contributed by atoms with van der Waals surface area (Å²) in [5.74, 6) is -1.04. The number of nitro benzene ring substituents is 1. The second kappa shape index (κ2) is 9.44. The van der Waals surface area contributed by atoms with Crippen LogP contribution >= 0.6 is 0 Å². The van der Waals surface area contributed by atoms with E-state index in [1.54, 1.807) is 0 Å². The van der Waals surface area contributed by atoms with Crippen molar-refractivity contribution in [3.63, 3.8) is 0 Å². The molecule has 10 heteroatoms. The third-order valence-electron chi connectivity index (χ3n) is 7.32. The van der Waals surface area contributed by atoms with Crippen LogP contribution in [0.4, 0.5) is 16.2 Å². The molecule has 4 aliphatic rings. The van der Waals surface area contributed by atoms with Crippen LogP contribution in [0.5, 0.6) is 5.75 Å². The van der Waals surface area contributed by atoms with Gasteiger partial charge in [0.1, 0.15) is 11.9 Å². The van der Waals surface area contributed by atoms with E-state index >= 15 is 0 Å². The van der Waals surface area contributed by atoms with Crippen LogP contribution in [0.2, 0.25) is 0 Å². The van der Waals surface area contributed by atoms with E-state index in [1.807, 2.05) is 42.5 Å². The minimum absolute atomic E-state index is 0.0294. The number of likely N-dealkylation sites (tertiary alicyclic amines) is 1. The highest BCUT2D eigenvalue weighted by Crippen LogP contribution is 2.50. The van der Waals surface area contributed by atoms with E-state index in [1.165, 1.54) is 30.2 Å². The van der Waals surface area contributed by atoms with Crippen molar-refractivity contribution in [2.24, 2.45) is 23.7 Å². The first-order valence-electron chi connectivity index (χ1n) is 11.9. The van der Waals surface area contributed by atoms with Gasteiger partial charge >= 0.3 is 6.03 Å². The number of hydrogen-bond donors (Lipinski definition) is 2. The lowest BCUT2D eigenvalue weighted by molar-refractivity contribution is -0.384. The number of benzene rings is 2. The molecule has 0 radical (unpaired) electrons. The number of ether oxygens (including phenoxy) is 1. The third kappa shape index (κ3) is 4.19. The Bertz CT molecular complexity index is 1210. The number of rotatable bonds is 7. The molecule has 6 rings (SSSR count). The summed E-state index contributed by atoms with van der Waals surface area (Å²) in [7, 11) is 1.38. The van der Waals surface area contributed by atoms with Crippen LogP contribution in [0.3, 0.4) is 0 Å². The van der Waals surface area contributed by atoms with Gasteiger partial charge < -0.3 is 15.4 Å². The van der Waals surface area contributed by atoms with Crippen LogP contribution in [0.15, 0.2) is 60.7 Å².